The van der Waals surface area contributed by atoms with Gasteiger partial charge in [-0.1, -0.05) is 49.8 Å². The van der Waals surface area contributed by atoms with Crippen LogP contribution in [-0.4, -0.2) is 22.4 Å². The molecule has 0 aliphatic heterocycles. The van der Waals surface area contributed by atoms with Gasteiger partial charge in [0.05, 0.1) is 0 Å². The molecular weight excluding hydrogens is 350 g/mol. The Morgan fingerprint density at radius 3 is 2.46 bits per heavy atom. The normalized spacial score (nSPS) is 14.3. The molecule has 2 N–H and O–H groups in total. The maximum Gasteiger partial charge on any atom is 0.256 e. The van der Waals surface area contributed by atoms with E-state index in [1.807, 2.05) is 24.3 Å². The Morgan fingerprint density at radius 1 is 1.18 bits per heavy atom. The smallest absolute Gasteiger partial charge is 0.256 e. The van der Waals surface area contributed by atoms with Crippen LogP contribution in [0.15, 0.2) is 77.0 Å². The van der Waals surface area contributed by atoms with Gasteiger partial charge in [0.15, 0.2) is 5.82 Å². The summed E-state index contributed by atoms with van der Waals surface area (Å²) in [5.74, 6) is 0.233. The summed E-state index contributed by atoms with van der Waals surface area (Å²) in [6, 6.07) is 11.8. The first-order chi connectivity index (χ1) is 13.5. The van der Waals surface area contributed by atoms with Gasteiger partial charge in [-0.05, 0) is 49.1 Å². The minimum Gasteiger partial charge on any atom is -0.305 e. The van der Waals surface area contributed by atoms with Crippen LogP contribution in [0.25, 0.3) is 0 Å². The van der Waals surface area contributed by atoms with Crippen LogP contribution in [-0.2, 0) is 9.59 Å². The summed E-state index contributed by atoms with van der Waals surface area (Å²) in [5, 5.41) is 9.39. The number of hydrogen-bond acceptors (Lipinski definition) is 3. The van der Waals surface area contributed by atoms with Crippen LogP contribution >= 0.6 is 0 Å². The zero-order valence-corrected chi connectivity index (χ0v) is 16.8. The van der Waals surface area contributed by atoms with E-state index in [1.54, 1.807) is 25.3 Å². The van der Waals surface area contributed by atoms with E-state index >= 15 is 0 Å². The molecule has 0 radical (unpaired) electrons. The monoisotopic (exact) mass is 377 g/mol. The average Bonchev–Trinajstić information content (AvgIpc) is 3.23. The highest BCUT2D eigenvalue weighted by Gasteiger charge is 2.16. The molecule has 2 rings (SSSR count). The lowest BCUT2D eigenvalue weighted by Crippen LogP contribution is -2.15. The molecule has 1 aromatic heterocycles. The Kier molecular flexibility index (Phi) is 7.69. The van der Waals surface area contributed by atoms with Crippen LogP contribution in [0.1, 0.15) is 45.6 Å². The molecule has 5 heteroatoms. The zero-order chi connectivity index (χ0) is 20.5. The second kappa shape index (κ2) is 10.2. The Hall–Kier alpha value is -3.21. The van der Waals surface area contributed by atoms with Gasteiger partial charge in [-0.2, -0.15) is 5.10 Å². The van der Waals surface area contributed by atoms with Crippen LogP contribution < -0.4 is 5.32 Å². The van der Waals surface area contributed by atoms with Gasteiger partial charge in [0, 0.05) is 23.8 Å². The predicted molar refractivity (Wildman–Crippen MR) is 113 cm³/mol. The lowest BCUT2D eigenvalue weighted by atomic mass is 9.87. The Bertz CT molecular complexity index is 891. The summed E-state index contributed by atoms with van der Waals surface area (Å²) in [7, 11) is 0. The number of aldehydes is 1. The molecule has 2 aromatic rings. The topological polar surface area (TPSA) is 74.8 Å². The lowest BCUT2D eigenvalue weighted by molar-refractivity contribution is -0.112. The van der Waals surface area contributed by atoms with Crippen molar-refractivity contribution in [3.8, 4) is 0 Å². The molecule has 1 atom stereocenters. The Labute approximate surface area is 166 Å². The third kappa shape index (κ3) is 5.64. The quantitative estimate of drug-likeness (QED) is 0.388. The molecule has 1 amide bonds. The number of amides is 1. The van der Waals surface area contributed by atoms with E-state index in [0.717, 1.165) is 18.3 Å². The molecule has 1 heterocycles. The largest absolute Gasteiger partial charge is 0.305 e. The van der Waals surface area contributed by atoms with Crippen LogP contribution in [0.3, 0.4) is 0 Å². The number of rotatable bonds is 8. The zero-order valence-electron chi connectivity index (χ0n) is 16.8. The minimum atomic E-state index is -0.310. The molecule has 0 spiro atoms. The summed E-state index contributed by atoms with van der Waals surface area (Å²) < 4.78 is 0. The number of anilines is 1. The number of H-pyrrole nitrogens is 1. The van der Waals surface area contributed by atoms with E-state index in [4.69, 9.17) is 0 Å². The molecule has 146 valence electrons. The highest BCUT2D eigenvalue weighted by Crippen LogP contribution is 2.30. The molecule has 0 bridgehead atoms. The molecule has 0 saturated heterocycles. The van der Waals surface area contributed by atoms with Crippen LogP contribution in [0.5, 0.6) is 0 Å². The molecule has 28 heavy (non-hydrogen) atoms. The van der Waals surface area contributed by atoms with Crippen molar-refractivity contribution in [2.75, 3.05) is 5.32 Å². The number of nitrogens with one attached hydrogen (secondary N) is 2. The van der Waals surface area contributed by atoms with E-state index in [2.05, 4.69) is 48.4 Å². The van der Waals surface area contributed by atoms with E-state index < -0.39 is 0 Å². The maximum atomic E-state index is 12.9. The maximum absolute atomic E-state index is 12.9. The van der Waals surface area contributed by atoms with Gasteiger partial charge in [-0.15, -0.1) is 0 Å². The minimum absolute atomic E-state index is 0.110. The van der Waals surface area contributed by atoms with Gasteiger partial charge < -0.3 is 5.32 Å². The average molecular weight is 377 g/mol. The Balaban J connectivity index is 2.49. The molecule has 0 aliphatic rings. The summed E-state index contributed by atoms with van der Waals surface area (Å²) >= 11 is 0. The van der Waals surface area contributed by atoms with Gasteiger partial charge in [0.1, 0.15) is 6.29 Å². The summed E-state index contributed by atoms with van der Waals surface area (Å²) in [5.41, 5.74) is 4.32. The predicted octanol–water partition coefficient (Wildman–Crippen LogP) is 4.95. The van der Waals surface area contributed by atoms with E-state index in [0.29, 0.717) is 17.0 Å². The first-order valence-electron chi connectivity index (χ1n) is 9.37. The van der Waals surface area contributed by atoms with Gasteiger partial charge in [-0.25, -0.2) is 0 Å². The van der Waals surface area contributed by atoms with Crippen molar-refractivity contribution in [3.63, 3.8) is 0 Å². The molecule has 5 nitrogen and oxygen atoms in total. The SMILES string of the molecule is CC/C(C)=C(/C=C(\C=C(/C)C=O)C(=O)Nc1cc[nH]n1)C(C)c1ccccc1. The molecule has 0 fully saturated rings. The standard InChI is InChI=1S/C23H27N3O2/c1-5-17(3)21(18(4)19-9-7-6-8-10-19)14-20(13-16(2)15-27)23(28)25-22-11-12-24-26-22/h6-15,18H,5H2,1-4H3,(H2,24,25,26,28)/b16-13+,20-14+,21-17-. The van der Waals surface area contributed by atoms with Crippen molar-refractivity contribution in [3.05, 3.63) is 82.6 Å². The van der Waals surface area contributed by atoms with Crippen molar-refractivity contribution in [2.24, 2.45) is 0 Å². The molecule has 0 aliphatic carbocycles. The fraction of sp³-hybridized carbons (Fsp3) is 0.261. The first kappa shape index (κ1) is 21.1. The van der Waals surface area contributed by atoms with Gasteiger partial charge in [0.25, 0.3) is 5.91 Å². The summed E-state index contributed by atoms with van der Waals surface area (Å²) in [6.45, 7) is 7.97. The molecule has 1 unspecified atom stereocenters. The van der Waals surface area contributed by atoms with E-state index in [9.17, 15) is 9.59 Å². The fourth-order valence-electron chi connectivity index (χ4n) is 2.88. The number of aromatic amines is 1. The van der Waals surface area contributed by atoms with Crippen molar-refractivity contribution in [2.45, 2.75) is 40.0 Å². The lowest BCUT2D eigenvalue weighted by Gasteiger charge is -2.18. The van der Waals surface area contributed by atoms with Crippen molar-refractivity contribution in [1.29, 1.82) is 0 Å². The van der Waals surface area contributed by atoms with Crippen LogP contribution in [0.4, 0.5) is 5.82 Å². The number of aromatic nitrogens is 2. The van der Waals surface area contributed by atoms with E-state index in [1.165, 1.54) is 11.1 Å². The number of carbonyl (C=O) groups is 2. The van der Waals surface area contributed by atoms with Crippen molar-refractivity contribution >= 4 is 18.0 Å². The second-order valence-corrected chi connectivity index (χ2v) is 6.74. The number of carbonyl (C=O) groups excluding carboxylic acids is 2. The Morgan fingerprint density at radius 2 is 1.89 bits per heavy atom. The molecule has 1 aromatic carbocycles. The van der Waals surface area contributed by atoms with Crippen LogP contribution in [0, 0.1) is 0 Å². The number of nitrogens with zero attached hydrogens (tertiary/aromatic N) is 1. The second-order valence-electron chi connectivity index (χ2n) is 6.74. The first-order valence-corrected chi connectivity index (χ1v) is 9.37. The van der Waals surface area contributed by atoms with Gasteiger partial charge >= 0.3 is 0 Å². The number of benzene rings is 1. The highest BCUT2D eigenvalue weighted by molar-refractivity contribution is 6.06. The summed E-state index contributed by atoms with van der Waals surface area (Å²) in [6.07, 6.45) is 6.73. The van der Waals surface area contributed by atoms with E-state index in [-0.39, 0.29) is 11.8 Å². The van der Waals surface area contributed by atoms with Crippen molar-refractivity contribution in [1.82, 2.24) is 10.2 Å². The van der Waals surface area contributed by atoms with Gasteiger partial charge in [0.2, 0.25) is 0 Å². The third-order valence-corrected chi connectivity index (χ3v) is 4.67. The third-order valence-electron chi connectivity index (χ3n) is 4.67. The molecule has 0 saturated carbocycles. The fourth-order valence-corrected chi connectivity index (χ4v) is 2.88. The van der Waals surface area contributed by atoms with Gasteiger partial charge in [-0.3, -0.25) is 14.7 Å². The highest BCUT2D eigenvalue weighted by atomic mass is 16.1. The summed E-state index contributed by atoms with van der Waals surface area (Å²) in [4.78, 5) is 24.0. The van der Waals surface area contributed by atoms with Crippen molar-refractivity contribution < 1.29 is 9.59 Å². The molecular formula is C23H27N3O2. The number of hydrogen-bond donors (Lipinski definition) is 2. The van der Waals surface area contributed by atoms with Crippen LogP contribution in [0.2, 0.25) is 0 Å². The number of allylic oxidation sites excluding steroid dienone is 4.